The van der Waals surface area contributed by atoms with Crippen molar-refractivity contribution in [2.75, 3.05) is 20.6 Å². The molecule has 0 bridgehead atoms. The second-order valence-electron chi connectivity index (χ2n) is 5.06. The van der Waals surface area contributed by atoms with Gasteiger partial charge in [0, 0.05) is 0 Å². The van der Waals surface area contributed by atoms with Crippen LogP contribution in [0.2, 0.25) is 0 Å². The van der Waals surface area contributed by atoms with Gasteiger partial charge in [-0.05, 0) is 49.3 Å². The molecule has 0 amide bonds. The second-order valence-corrected chi connectivity index (χ2v) is 5.06. The summed E-state index contributed by atoms with van der Waals surface area (Å²) in [6.07, 6.45) is 1.21. The van der Waals surface area contributed by atoms with E-state index in [9.17, 15) is 0 Å². The number of hydrogen-bond acceptors (Lipinski definition) is 1. The molecular weight excluding hydrogens is 206 g/mol. The summed E-state index contributed by atoms with van der Waals surface area (Å²) in [7, 11) is 4.27. The van der Waals surface area contributed by atoms with Gasteiger partial charge in [0.05, 0.1) is 0 Å². The lowest BCUT2D eigenvalue weighted by atomic mass is 9.92. The average molecular weight is 227 g/mol. The molecule has 0 aliphatic carbocycles. The molecule has 0 aliphatic rings. The summed E-state index contributed by atoms with van der Waals surface area (Å²) in [5.41, 5.74) is 1.48. The predicted molar refractivity (Wildman–Crippen MR) is 75.5 cm³/mol. The maximum Gasteiger partial charge on any atom is -0.00191 e. The van der Waals surface area contributed by atoms with Crippen LogP contribution in [-0.2, 0) is 0 Å². The van der Waals surface area contributed by atoms with Crippen molar-refractivity contribution in [2.45, 2.75) is 19.3 Å². The van der Waals surface area contributed by atoms with Crippen molar-refractivity contribution in [1.82, 2.24) is 4.90 Å². The smallest absolute Gasteiger partial charge is 0.00191 e. The van der Waals surface area contributed by atoms with Gasteiger partial charge in [-0.2, -0.15) is 0 Å². The lowest BCUT2D eigenvalue weighted by molar-refractivity contribution is 0.386. The summed E-state index contributed by atoms with van der Waals surface area (Å²) >= 11 is 0. The van der Waals surface area contributed by atoms with Crippen LogP contribution >= 0.6 is 0 Å². The van der Waals surface area contributed by atoms with Crippen LogP contribution in [0.5, 0.6) is 0 Å². The lowest BCUT2D eigenvalue weighted by Gasteiger charge is -2.17. The van der Waals surface area contributed by atoms with E-state index >= 15 is 0 Å². The second kappa shape index (κ2) is 5.33. The van der Waals surface area contributed by atoms with Crippen molar-refractivity contribution in [1.29, 1.82) is 0 Å². The van der Waals surface area contributed by atoms with E-state index in [1.807, 2.05) is 0 Å². The minimum atomic E-state index is 0.614. The van der Waals surface area contributed by atoms with E-state index in [2.05, 4.69) is 68.4 Å². The third kappa shape index (κ3) is 2.86. The van der Waals surface area contributed by atoms with Crippen LogP contribution in [0.15, 0.2) is 42.5 Å². The molecule has 1 nitrogen and oxygen atoms in total. The Morgan fingerprint density at radius 1 is 1.00 bits per heavy atom. The van der Waals surface area contributed by atoms with E-state index in [1.165, 1.54) is 22.8 Å². The highest BCUT2D eigenvalue weighted by Crippen LogP contribution is 2.27. The molecule has 2 rings (SSSR count). The highest BCUT2D eigenvalue weighted by atomic mass is 15.0. The van der Waals surface area contributed by atoms with Gasteiger partial charge in [0.1, 0.15) is 0 Å². The van der Waals surface area contributed by atoms with Gasteiger partial charge < -0.3 is 4.90 Å². The van der Waals surface area contributed by atoms with E-state index in [0.29, 0.717) is 5.92 Å². The van der Waals surface area contributed by atoms with Gasteiger partial charge >= 0.3 is 0 Å². The SMILES string of the molecule is C[C@H](CCN(C)C)c1cccc2ccccc12. The fourth-order valence-corrected chi connectivity index (χ4v) is 2.29. The lowest BCUT2D eigenvalue weighted by Crippen LogP contribution is -2.15. The number of nitrogens with zero attached hydrogens (tertiary/aromatic N) is 1. The Hall–Kier alpha value is -1.34. The zero-order valence-electron chi connectivity index (χ0n) is 11.0. The Morgan fingerprint density at radius 2 is 1.71 bits per heavy atom. The van der Waals surface area contributed by atoms with E-state index < -0.39 is 0 Å². The van der Waals surface area contributed by atoms with Crippen LogP contribution in [0.3, 0.4) is 0 Å². The molecule has 0 unspecified atom stereocenters. The molecule has 2 aromatic rings. The van der Waals surface area contributed by atoms with E-state index in [0.717, 1.165) is 6.54 Å². The Morgan fingerprint density at radius 3 is 2.47 bits per heavy atom. The molecular formula is C16H21N. The highest BCUT2D eigenvalue weighted by Gasteiger charge is 2.09. The summed E-state index contributed by atoms with van der Waals surface area (Å²) < 4.78 is 0. The third-order valence-electron chi connectivity index (χ3n) is 3.36. The Balaban J connectivity index is 2.28. The third-order valence-corrected chi connectivity index (χ3v) is 3.36. The topological polar surface area (TPSA) is 3.24 Å². The maximum absolute atomic E-state index is 2.32. The highest BCUT2D eigenvalue weighted by molar-refractivity contribution is 5.86. The predicted octanol–water partition coefficient (Wildman–Crippen LogP) is 3.90. The van der Waals surface area contributed by atoms with Crippen molar-refractivity contribution in [3.05, 3.63) is 48.0 Å². The molecule has 0 radical (unpaired) electrons. The Kier molecular flexibility index (Phi) is 3.80. The molecule has 90 valence electrons. The molecule has 0 spiro atoms. The molecule has 2 aromatic carbocycles. The molecule has 0 aliphatic heterocycles. The van der Waals surface area contributed by atoms with E-state index in [4.69, 9.17) is 0 Å². The number of benzene rings is 2. The quantitative estimate of drug-likeness (QED) is 0.766. The van der Waals surface area contributed by atoms with Crippen molar-refractivity contribution in [3.63, 3.8) is 0 Å². The zero-order chi connectivity index (χ0) is 12.3. The van der Waals surface area contributed by atoms with Gasteiger partial charge in [0.25, 0.3) is 0 Å². The molecule has 1 atom stereocenters. The molecule has 0 aromatic heterocycles. The van der Waals surface area contributed by atoms with Crippen molar-refractivity contribution >= 4 is 10.8 Å². The number of rotatable bonds is 4. The monoisotopic (exact) mass is 227 g/mol. The van der Waals surface area contributed by atoms with Gasteiger partial charge in [0.2, 0.25) is 0 Å². The number of fused-ring (bicyclic) bond motifs is 1. The molecule has 0 saturated carbocycles. The summed E-state index contributed by atoms with van der Waals surface area (Å²) in [5, 5.41) is 2.75. The van der Waals surface area contributed by atoms with Crippen LogP contribution in [0, 0.1) is 0 Å². The van der Waals surface area contributed by atoms with Gasteiger partial charge in [-0.3, -0.25) is 0 Å². The molecule has 17 heavy (non-hydrogen) atoms. The standard InChI is InChI=1S/C16H21N/c1-13(11-12-17(2)3)15-10-6-8-14-7-4-5-9-16(14)15/h4-10,13H,11-12H2,1-3H3/t13-/m1/s1. The first-order chi connectivity index (χ1) is 8.18. The van der Waals surface area contributed by atoms with Crippen LogP contribution in [-0.4, -0.2) is 25.5 Å². The summed E-state index contributed by atoms with van der Waals surface area (Å²) in [5.74, 6) is 0.614. The fourth-order valence-electron chi connectivity index (χ4n) is 2.29. The Labute approximate surface area is 104 Å². The van der Waals surface area contributed by atoms with Gasteiger partial charge in [-0.25, -0.2) is 0 Å². The maximum atomic E-state index is 2.32. The van der Waals surface area contributed by atoms with Crippen molar-refractivity contribution in [2.24, 2.45) is 0 Å². The van der Waals surface area contributed by atoms with E-state index in [-0.39, 0.29) is 0 Å². The van der Waals surface area contributed by atoms with Crippen LogP contribution in [0.4, 0.5) is 0 Å². The molecule has 0 N–H and O–H groups in total. The minimum absolute atomic E-state index is 0.614. The molecule has 0 fully saturated rings. The van der Waals surface area contributed by atoms with Crippen LogP contribution < -0.4 is 0 Å². The molecule has 0 saturated heterocycles. The molecule has 0 heterocycles. The van der Waals surface area contributed by atoms with Crippen LogP contribution in [0.1, 0.15) is 24.8 Å². The van der Waals surface area contributed by atoms with Crippen molar-refractivity contribution in [3.8, 4) is 0 Å². The average Bonchev–Trinajstić information content (AvgIpc) is 2.35. The first-order valence-electron chi connectivity index (χ1n) is 6.31. The summed E-state index contributed by atoms with van der Waals surface area (Å²) in [4.78, 5) is 2.25. The fraction of sp³-hybridized carbons (Fsp3) is 0.375. The minimum Gasteiger partial charge on any atom is -0.309 e. The molecule has 1 heteroatoms. The van der Waals surface area contributed by atoms with Gasteiger partial charge in [0.15, 0.2) is 0 Å². The number of hydrogen-bond donors (Lipinski definition) is 0. The zero-order valence-corrected chi connectivity index (χ0v) is 11.0. The van der Waals surface area contributed by atoms with Crippen molar-refractivity contribution < 1.29 is 0 Å². The summed E-state index contributed by atoms with van der Waals surface area (Å²) in [6, 6.07) is 15.3. The summed E-state index contributed by atoms with van der Waals surface area (Å²) in [6.45, 7) is 3.47. The van der Waals surface area contributed by atoms with Gasteiger partial charge in [-0.15, -0.1) is 0 Å². The van der Waals surface area contributed by atoms with Crippen LogP contribution in [0.25, 0.3) is 10.8 Å². The Bertz CT molecular complexity index is 482. The first kappa shape index (κ1) is 12.1. The van der Waals surface area contributed by atoms with Gasteiger partial charge in [-0.1, -0.05) is 49.4 Å². The first-order valence-corrected chi connectivity index (χ1v) is 6.31. The normalized spacial score (nSPS) is 13.2. The largest absolute Gasteiger partial charge is 0.309 e. The van der Waals surface area contributed by atoms with E-state index in [1.54, 1.807) is 0 Å².